The van der Waals surface area contributed by atoms with Gasteiger partial charge < -0.3 is 15.4 Å². The molecule has 5 nitrogen and oxygen atoms in total. The van der Waals surface area contributed by atoms with Crippen molar-refractivity contribution in [2.24, 2.45) is 0 Å². The van der Waals surface area contributed by atoms with Crippen LogP contribution in [0, 0.1) is 17.5 Å². The molecule has 0 saturated heterocycles. The van der Waals surface area contributed by atoms with Crippen molar-refractivity contribution in [3.63, 3.8) is 0 Å². The quantitative estimate of drug-likeness (QED) is 0.647. The Balaban J connectivity index is 1.71. The van der Waals surface area contributed by atoms with Crippen molar-refractivity contribution in [2.45, 2.75) is 0 Å². The van der Waals surface area contributed by atoms with Crippen LogP contribution in [-0.2, 0) is 0 Å². The summed E-state index contributed by atoms with van der Waals surface area (Å²) in [5.74, 6) is -4.01. The summed E-state index contributed by atoms with van der Waals surface area (Å²) in [6, 6.07) is 11.9. The highest BCUT2D eigenvalue weighted by Gasteiger charge is 2.16. The first-order chi connectivity index (χ1) is 13.0. The molecule has 3 aromatic rings. The lowest BCUT2D eigenvalue weighted by molar-refractivity contribution is 0.102. The number of nitrogens with one attached hydrogen (secondary N) is 2. The SMILES string of the molecule is COc1cccc(Nc2ccc(C(=O)Nc3ccc(F)c(F)c3F)cn2)c1. The topological polar surface area (TPSA) is 63.2 Å². The Hall–Kier alpha value is -3.55. The van der Waals surface area contributed by atoms with Crippen LogP contribution >= 0.6 is 0 Å². The average Bonchev–Trinajstić information content (AvgIpc) is 2.69. The van der Waals surface area contributed by atoms with Gasteiger partial charge in [0.2, 0.25) is 0 Å². The molecular formula is C19H14F3N3O2. The highest BCUT2D eigenvalue weighted by Crippen LogP contribution is 2.22. The van der Waals surface area contributed by atoms with Crippen LogP contribution in [0.25, 0.3) is 0 Å². The molecule has 0 bridgehead atoms. The van der Waals surface area contributed by atoms with Gasteiger partial charge in [-0.1, -0.05) is 6.07 Å². The number of hydrogen-bond acceptors (Lipinski definition) is 4. The van der Waals surface area contributed by atoms with Gasteiger partial charge in [-0.3, -0.25) is 4.79 Å². The minimum atomic E-state index is -1.65. The van der Waals surface area contributed by atoms with E-state index in [0.29, 0.717) is 11.6 Å². The summed E-state index contributed by atoms with van der Waals surface area (Å²) in [5.41, 5.74) is 0.399. The maximum absolute atomic E-state index is 13.6. The summed E-state index contributed by atoms with van der Waals surface area (Å²) in [6.45, 7) is 0. The van der Waals surface area contributed by atoms with Gasteiger partial charge in [-0.15, -0.1) is 0 Å². The third-order valence-corrected chi connectivity index (χ3v) is 3.65. The molecule has 0 atom stereocenters. The molecule has 1 aromatic heterocycles. The fourth-order valence-corrected chi connectivity index (χ4v) is 2.27. The molecule has 0 aliphatic carbocycles. The molecule has 0 saturated carbocycles. The van der Waals surface area contributed by atoms with E-state index < -0.39 is 29.0 Å². The molecule has 0 aliphatic heterocycles. The third kappa shape index (κ3) is 4.17. The summed E-state index contributed by atoms with van der Waals surface area (Å²) in [6.07, 6.45) is 1.27. The monoisotopic (exact) mass is 373 g/mol. The lowest BCUT2D eigenvalue weighted by atomic mass is 10.2. The molecule has 1 amide bonds. The molecule has 0 radical (unpaired) electrons. The van der Waals surface area contributed by atoms with Gasteiger partial charge in [0.15, 0.2) is 17.5 Å². The van der Waals surface area contributed by atoms with Crippen LogP contribution < -0.4 is 15.4 Å². The predicted molar refractivity (Wildman–Crippen MR) is 94.8 cm³/mol. The van der Waals surface area contributed by atoms with Crippen molar-refractivity contribution in [3.05, 3.63) is 77.7 Å². The molecule has 0 unspecified atom stereocenters. The van der Waals surface area contributed by atoms with Gasteiger partial charge in [-0.25, -0.2) is 18.2 Å². The summed E-state index contributed by atoms with van der Waals surface area (Å²) in [7, 11) is 1.56. The van der Waals surface area contributed by atoms with E-state index in [2.05, 4.69) is 15.6 Å². The highest BCUT2D eigenvalue weighted by molar-refractivity contribution is 6.04. The number of nitrogens with zero attached hydrogens (tertiary/aromatic N) is 1. The van der Waals surface area contributed by atoms with Gasteiger partial charge in [0.25, 0.3) is 5.91 Å². The van der Waals surface area contributed by atoms with Crippen LogP contribution in [0.15, 0.2) is 54.7 Å². The third-order valence-electron chi connectivity index (χ3n) is 3.65. The molecule has 0 spiro atoms. The van der Waals surface area contributed by atoms with Crippen molar-refractivity contribution in [1.29, 1.82) is 0 Å². The predicted octanol–water partition coefficient (Wildman–Crippen LogP) is 4.50. The van der Waals surface area contributed by atoms with E-state index in [1.165, 1.54) is 12.3 Å². The fraction of sp³-hybridized carbons (Fsp3) is 0.0526. The van der Waals surface area contributed by atoms with Crippen LogP contribution in [0.5, 0.6) is 5.75 Å². The average molecular weight is 373 g/mol. The lowest BCUT2D eigenvalue weighted by Gasteiger charge is -2.09. The Morgan fingerprint density at radius 1 is 1.04 bits per heavy atom. The molecule has 2 N–H and O–H groups in total. The summed E-state index contributed by atoms with van der Waals surface area (Å²) >= 11 is 0. The van der Waals surface area contributed by atoms with Crippen molar-refractivity contribution >= 4 is 23.1 Å². The van der Waals surface area contributed by atoms with E-state index in [-0.39, 0.29) is 5.56 Å². The van der Waals surface area contributed by atoms with Gasteiger partial charge in [0.1, 0.15) is 11.6 Å². The largest absolute Gasteiger partial charge is 0.497 e. The summed E-state index contributed by atoms with van der Waals surface area (Å²) in [5, 5.41) is 5.22. The second-order valence-corrected chi connectivity index (χ2v) is 5.47. The van der Waals surface area contributed by atoms with Crippen LogP contribution in [0.1, 0.15) is 10.4 Å². The number of halogens is 3. The molecule has 1 heterocycles. The molecule has 8 heteroatoms. The number of anilines is 3. The number of aromatic nitrogens is 1. The van der Waals surface area contributed by atoms with Gasteiger partial charge in [0, 0.05) is 18.0 Å². The van der Waals surface area contributed by atoms with E-state index in [1.54, 1.807) is 31.4 Å². The Bertz CT molecular complexity index is 978. The number of carbonyl (C=O) groups excluding carboxylic acids is 1. The first-order valence-electron chi connectivity index (χ1n) is 7.80. The van der Waals surface area contributed by atoms with Crippen molar-refractivity contribution < 1.29 is 22.7 Å². The zero-order chi connectivity index (χ0) is 19.4. The molecule has 0 fully saturated rings. The zero-order valence-corrected chi connectivity index (χ0v) is 14.1. The first-order valence-corrected chi connectivity index (χ1v) is 7.80. The van der Waals surface area contributed by atoms with Crippen LogP contribution in [-0.4, -0.2) is 18.0 Å². The van der Waals surface area contributed by atoms with Crippen molar-refractivity contribution in [2.75, 3.05) is 17.7 Å². The molecular weight excluding hydrogens is 359 g/mol. The van der Waals surface area contributed by atoms with E-state index in [9.17, 15) is 18.0 Å². The number of methoxy groups -OCH3 is 1. The minimum Gasteiger partial charge on any atom is -0.497 e. The number of hydrogen-bond donors (Lipinski definition) is 2. The second-order valence-electron chi connectivity index (χ2n) is 5.47. The molecule has 2 aromatic carbocycles. The van der Waals surface area contributed by atoms with Crippen molar-refractivity contribution in [3.8, 4) is 5.75 Å². The van der Waals surface area contributed by atoms with Gasteiger partial charge in [-0.05, 0) is 36.4 Å². The fourth-order valence-electron chi connectivity index (χ4n) is 2.27. The number of pyridine rings is 1. The van der Waals surface area contributed by atoms with Crippen LogP contribution in [0.2, 0.25) is 0 Å². The van der Waals surface area contributed by atoms with E-state index in [4.69, 9.17) is 4.74 Å². The number of rotatable bonds is 5. The number of ether oxygens (including phenoxy) is 1. The Morgan fingerprint density at radius 3 is 2.56 bits per heavy atom. The Kier molecular flexibility index (Phi) is 5.25. The lowest BCUT2D eigenvalue weighted by Crippen LogP contribution is -2.14. The van der Waals surface area contributed by atoms with Crippen LogP contribution in [0.4, 0.5) is 30.4 Å². The summed E-state index contributed by atoms with van der Waals surface area (Å²) in [4.78, 5) is 16.3. The molecule has 3 rings (SSSR count). The minimum absolute atomic E-state index is 0.121. The number of amides is 1. The molecule has 0 aliphatic rings. The Labute approximate surface area is 152 Å². The standard InChI is InChI=1S/C19H14F3N3O2/c1-27-13-4-2-3-12(9-13)24-16-8-5-11(10-23-16)19(26)25-15-7-6-14(20)17(21)18(15)22/h2-10H,1H3,(H,23,24)(H,25,26). The van der Waals surface area contributed by atoms with Gasteiger partial charge in [-0.2, -0.15) is 0 Å². The smallest absolute Gasteiger partial charge is 0.257 e. The second kappa shape index (κ2) is 7.77. The maximum atomic E-state index is 13.6. The highest BCUT2D eigenvalue weighted by atomic mass is 19.2. The zero-order valence-electron chi connectivity index (χ0n) is 14.1. The molecule has 138 valence electrons. The van der Waals surface area contributed by atoms with Gasteiger partial charge >= 0.3 is 0 Å². The normalized spacial score (nSPS) is 10.4. The maximum Gasteiger partial charge on any atom is 0.257 e. The van der Waals surface area contributed by atoms with E-state index in [1.807, 2.05) is 6.07 Å². The number of benzene rings is 2. The van der Waals surface area contributed by atoms with E-state index >= 15 is 0 Å². The summed E-state index contributed by atoms with van der Waals surface area (Å²) < 4.78 is 44.9. The first kappa shape index (κ1) is 18.2. The van der Waals surface area contributed by atoms with Crippen molar-refractivity contribution in [1.82, 2.24) is 4.98 Å². The number of carbonyl (C=O) groups is 1. The van der Waals surface area contributed by atoms with Crippen LogP contribution in [0.3, 0.4) is 0 Å². The van der Waals surface area contributed by atoms with Gasteiger partial charge in [0.05, 0.1) is 18.4 Å². The molecule has 27 heavy (non-hydrogen) atoms. The Morgan fingerprint density at radius 2 is 1.85 bits per heavy atom. The van der Waals surface area contributed by atoms with E-state index in [0.717, 1.165) is 17.8 Å².